The third-order valence-electron chi connectivity index (χ3n) is 3.98. The second-order valence-electron chi connectivity index (χ2n) is 11.2. The summed E-state index contributed by atoms with van der Waals surface area (Å²) in [4.78, 5) is 29.3. The van der Waals surface area contributed by atoms with Gasteiger partial charge in [-0.3, -0.25) is 0 Å². The monoisotopic (exact) mass is 472 g/mol. The summed E-state index contributed by atoms with van der Waals surface area (Å²) in [6.07, 6.45) is 0.563. The van der Waals surface area contributed by atoms with E-state index in [2.05, 4.69) is 0 Å². The van der Waals surface area contributed by atoms with E-state index in [1.165, 1.54) is 5.06 Å². The Bertz CT molecular complexity index is 576. The van der Waals surface area contributed by atoms with Crippen LogP contribution in [0.15, 0.2) is 0 Å². The summed E-state index contributed by atoms with van der Waals surface area (Å²) in [5.74, 6) is 0. The van der Waals surface area contributed by atoms with Crippen LogP contribution in [-0.4, -0.2) is 132 Å². The summed E-state index contributed by atoms with van der Waals surface area (Å²) in [5.41, 5.74) is -1.47. The molecule has 0 aromatic heterocycles. The van der Waals surface area contributed by atoms with Crippen molar-refractivity contribution in [3.8, 4) is 0 Å². The van der Waals surface area contributed by atoms with Gasteiger partial charge in [0, 0.05) is 53.4 Å². The van der Waals surface area contributed by atoms with E-state index in [-0.39, 0.29) is 14.1 Å². The van der Waals surface area contributed by atoms with Crippen LogP contribution in [0, 0.1) is 0 Å². The molecule has 0 aromatic carbocycles. The van der Waals surface area contributed by atoms with Crippen LogP contribution in [0.2, 0.25) is 0 Å². The first-order valence-electron chi connectivity index (χ1n) is 10.8. The molecule has 0 rings (SSSR count). The SMILES string of the molecule is CN(C)O[N+](C)(OC(C)(C)CCOC(C)(C)[N+](C)(ON(C)C)O[N+](C)(C)C)O[N+](C)(C)C. The molecule has 0 radical (unpaired) electrons. The zero-order valence-corrected chi connectivity index (χ0v) is 23.5. The lowest BCUT2D eigenvalue weighted by Gasteiger charge is -2.42. The Morgan fingerprint density at radius 1 is 0.656 bits per heavy atom. The summed E-state index contributed by atoms with van der Waals surface area (Å²) < 4.78 is 6.69. The number of nitrogens with zero attached hydrogens (tertiary/aromatic N) is 6. The van der Waals surface area contributed by atoms with E-state index in [0.29, 0.717) is 13.0 Å². The van der Waals surface area contributed by atoms with Crippen LogP contribution >= 0.6 is 0 Å². The summed E-state index contributed by atoms with van der Waals surface area (Å²) in [7, 11) is 22.1. The smallest absolute Gasteiger partial charge is 0.267 e. The van der Waals surface area contributed by atoms with Crippen molar-refractivity contribution in [2.75, 3.05) is 91.2 Å². The van der Waals surface area contributed by atoms with Crippen molar-refractivity contribution in [3.63, 3.8) is 0 Å². The van der Waals surface area contributed by atoms with Gasteiger partial charge in [0.15, 0.2) is 12.0 Å². The van der Waals surface area contributed by atoms with Crippen LogP contribution < -0.4 is 0 Å². The normalized spacial score (nSPS) is 18.2. The van der Waals surface area contributed by atoms with Gasteiger partial charge in [-0.1, -0.05) is 4.94 Å². The molecule has 0 amide bonds. The molecule has 0 aromatic rings. The number of ether oxygens (including phenoxy) is 1. The molecular weight excluding hydrogens is 420 g/mol. The third kappa shape index (κ3) is 12.1. The lowest BCUT2D eigenvalue weighted by Crippen LogP contribution is -2.66. The first kappa shape index (κ1) is 31.5. The molecule has 0 spiro atoms. The maximum Gasteiger partial charge on any atom is 0.267 e. The molecule has 0 saturated heterocycles. The molecule has 0 bridgehead atoms. The number of quaternary nitrogens is 4. The molecule has 194 valence electrons. The highest BCUT2D eigenvalue weighted by atomic mass is 17.3. The predicted octanol–water partition coefficient (Wildman–Crippen LogP) is 1.65. The highest BCUT2D eigenvalue weighted by molar-refractivity contribution is 4.66. The second-order valence-corrected chi connectivity index (χ2v) is 11.2. The number of hydroxylamine groups is 17. The van der Waals surface area contributed by atoms with Crippen molar-refractivity contribution in [2.24, 2.45) is 0 Å². The maximum atomic E-state index is 6.28. The molecule has 2 unspecified atom stereocenters. The average molecular weight is 473 g/mol. The minimum atomic E-state index is -0.830. The zero-order valence-electron chi connectivity index (χ0n) is 23.5. The Balaban J connectivity index is 5.36. The van der Waals surface area contributed by atoms with E-state index in [9.17, 15) is 0 Å². The van der Waals surface area contributed by atoms with Gasteiger partial charge in [0.05, 0.1) is 16.4 Å². The van der Waals surface area contributed by atoms with E-state index in [0.717, 1.165) is 0 Å². The standard InChI is InChI=1S/C20H52N6O6/c1-19(2,28-26(16,30-22(7)8)32-24(12,13)14)17-18-27-20(3,4)25(15,29-21(5)6)31-23(9,10)11/h17-18H2,1-16H3/q+4. The van der Waals surface area contributed by atoms with Crippen molar-refractivity contribution in [3.05, 3.63) is 0 Å². The molecule has 12 heteroatoms. The second kappa shape index (κ2) is 10.8. The quantitative estimate of drug-likeness (QED) is 0.203. The van der Waals surface area contributed by atoms with Gasteiger partial charge in [0.2, 0.25) is 0 Å². The zero-order chi connectivity index (χ0) is 25.8. The van der Waals surface area contributed by atoms with Crippen LogP contribution in [0.25, 0.3) is 0 Å². The fourth-order valence-corrected chi connectivity index (χ4v) is 2.94. The van der Waals surface area contributed by atoms with Crippen LogP contribution in [0.4, 0.5) is 0 Å². The van der Waals surface area contributed by atoms with Crippen molar-refractivity contribution >= 4 is 0 Å². The molecule has 0 N–H and O–H groups in total. The highest BCUT2D eigenvalue weighted by Gasteiger charge is 2.53. The summed E-state index contributed by atoms with van der Waals surface area (Å²) in [5, 5.41) is 3.13. The van der Waals surface area contributed by atoms with E-state index in [1.807, 2.05) is 77.0 Å². The van der Waals surface area contributed by atoms with Gasteiger partial charge < -0.3 is 4.74 Å². The van der Waals surface area contributed by atoms with Crippen molar-refractivity contribution in [1.29, 1.82) is 0 Å². The van der Waals surface area contributed by atoms with Gasteiger partial charge in [-0.25, -0.2) is 0 Å². The van der Waals surface area contributed by atoms with E-state index >= 15 is 0 Å². The van der Waals surface area contributed by atoms with E-state index < -0.39 is 16.3 Å². The Morgan fingerprint density at radius 3 is 1.47 bits per heavy atom. The molecular formula is C20H52N6O6+4. The minimum Gasteiger partial charge on any atom is -0.322 e. The van der Waals surface area contributed by atoms with Crippen molar-refractivity contribution < 1.29 is 48.4 Å². The lowest BCUT2D eigenvalue weighted by atomic mass is 10.1. The van der Waals surface area contributed by atoms with E-state index in [4.69, 9.17) is 29.3 Å². The first-order chi connectivity index (χ1) is 13.9. The Kier molecular flexibility index (Phi) is 10.7. The summed E-state index contributed by atoms with van der Waals surface area (Å²) >= 11 is 0. The van der Waals surface area contributed by atoms with Crippen molar-refractivity contribution in [1.82, 2.24) is 10.1 Å². The van der Waals surface area contributed by atoms with Crippen LogP contribution in [0.1, 0.15) is 34.1 Å². The minimum absolute atomic E-state index is 0.185. The van der Waals surface area contributed by atoms with E-state index in [1.54, 1.807) is 40.3 Å². The van der Waals surface area contributed by atoms with Crippen molar-refractivity contribution in [2.45, 2.75) is 45.4 Å². The fourth-order valence-electron chi connectivity index (χ4n) is 2.94. The summed E-state index contributed by atoms with van der Waals surface area (Å²) in [6, 6.07) is 0. The van der Waals surface area contributed by atoms with Crippen LogP contribution in [0.3, 0.4) is 0 Å². The molecule has 0 aliphatic carbocycles. The molecule has 0 saturated carbocycles. The molecule has 0 heterocycles. The van der Waals surface area contributed by atoms with Gasteiger partial charge in [-0.2, -0.15) is 0 Å². The Morgan fingerprint density at radius 2 is 1.09 bits per heavy atom. The topological polar surface area (TPSA) is 61.9 Å². The molecule has 0 aliphatic rings. The van der Waals surface area contributed by atoms with Crippen LogP contribution in [0.5, 0.6) is 0 Å². The largest absolute Gasteiger partial charge is 0.322 e. The van der Waals surface area contributed by atoms with Crippen LogP contribution in [-0.2, 0) is 29.3 Å². The van der Waals surface area contributed by atoms with Gasteiger partial charge in [-0.05, 0) is 18.8 Å². The van der Waals surface area contributed by atoms with Gasteiger partial charge >= 0.3 is 0 Å². The molecule has 0 aliphatic heterocycles. The molecule has 0 fully saturated rings. The van der Waals surface area contributed by atoms with Gasteiger partial charge in [-0.15, -0.1) is 24.3 Å². The first-order valence-corrected chi connectivity index (χ1v) is 10.8. The van der Waals surface area contributed by atoms with Gasteiger partial charge in [0.1, 0.15) is 54.9 Å². The molecule has 12 nitrogen and oxygen atoms in total. The summed E-state index contributed by atoms with van der Waals surface area (Å²) in [6.45, 7) is 8.16. The van der Waals surface area contributed by atoms with Gasteiger partial charge in [0.25, 0.3) is 5.72 Å². The average Bonchev–Trinajstić information content (AvgIpc) is 2.38. The Hall–Kier alpha value is -0.480. The fraction of sp³-hybridized carbons (Fsp3) is 1.00. The highest BCUT2D eigenvalue weighted by Crippen LogP contribution is 2.30. The predicted molar refractivity (Wildman–Crippen MR) is 120 cm³/mol. The maximum absolute atomic E-state index is 6.28. The number of rotatable bonds is 15. The Labute approximate surface area is 195 Å². The lowest BCUT2D eigenvalue weighted by molar-refractivity contribution is -1.48. The third-order valence-corrected chi connectivity index (χ3v) is 3.98. The molecule has 32 heavy (non-hydrogen) atoms. The molecule has 2 atom stereocenters. The number of hydrogen-bond acceptors (Lipinski definition) is 8. The number of hydrogen-bond donors (Lipinski definition) is 0.